The number of fused-ring (bicyclic) bond motifs is 3. The maximum absolute atomic E-state index is 12.6. The van der Waals surface area contributed by atoms with Crippen LogP contribution in [0.2, 0.25) is 0 Å². The van der Waals surface area contributed by atoms with E-state index < -0.39 is 0 Å². The highest BCUT2D eigenvalue weighted by molar-refractivity contribution is 5.79. The molecular formula is C21H21N3O. The molecule has 2 heterocycles. The molecule has 0 saturated heterocycles. The van der Waals surface area contributed by atoms with E-state index in [1.54, 1.807) is 0 Å². The van der Waals surface area contributed by atoms with Crippen LogP contribution in [0, 0.1) is 6.92 Å². The Kier molecular flexibility index (Phi) is 3.68. The van der Waals surface area contributed by atoms with Crippen LogP contribution in [0.15, 0.2) is 53.3 Å². The lowest BCUT2D eigenvalue weighted by atomic mass is 9.99. The molecule has 0 radical (unpaired) electrons. The Morgan fingerprint density at radius 1 is 1.08 bits per heavy atom. The summed E-state index contributed by atoms with van der Waals surface area (Å²) in [7, 11) is 0. The van der Waals surface area contributed by atoms with Crippen LogP contribution >= 0.6 is 0 Å². The minimum absolute atomic E-state index is 0.0618. The molecule has 0 fully saturated rings. The van der Waals surface area contributed by atoms with Crippen LogP contribution in [-0.2, 0) is 6.42 Å². The second-order valence-electron chi connectivity index (χ2n) is 6.85. The predicted molar refractivity (Wildman–Crippen MR) is 101 cm³/mol. The first-order valence-corrected chi connectivity index (χ1v) is 8.62. The molecular weight excluding hydrogens is 310 g/mol. The molecule has 0 aliphatic rings. The van der Waals surface area contributed by atoms with Crippen LogP contribution < -0.4 is 5.56 Å². The number of imidazole rings is 1. The molecule has 4 heteroatoms. The van der Waals surface area contributed by atoms with Gasteiger partial charge in [-0.25, -0.2) is 4.98 Å². The summed E-state index contributed by atoms with van der Waals surface area (Å²) in [6, 6.07) is 16.5. The van der Waals surface area contributed by atoms with Crippen molar-refractivity contribution >= 4 is 16.8 Å². The van der Waals surface area contributed by atoms with Crippen LogP contribution in [0.1, 0.15) is 42.1 Å². The number of nitrogens with zero attached hydrogens (tertiary/aromatic N) is 2. The Bertz CT molecular complexity index is 1120. The summed E-state index contributed by atoms with van der Waals surface area (Å²) in [5, 5.41) is 0. The van der Waals surface area contributed by atoms with E-state index in [2.05, 4.69) is 48.1 Å². The quantitative estimate of drug-likeness (QED) is 0.612. The maximum atomic E-state index is 12.6. The average Bonchev–Trinajstić information content (AvgIpc) is 2.97. The molecule has 0 amide bonds. The van der Waals surface area contributed by atoms with Gasteiger partial charge in [0.2, 0.25) is 5.78 Å². The molecule has 0 saturated carbocycles. The highest BCUT2D eigenvalue weighted by atomic mass is 16.1. The largest absolute Gasteiger partial charge is 0.292 e. The fourth-order valence-corrected chi connectivity index (χ4v) is 3.36. The van der Waals surface area contributed by atoms with Gasteiger partial charge in [0.05, 0.1) is 11.0 Å². The van der Waals surface area contributed by atoms with Gasteiger partial charge in [0.25, 0.3) is 5.56 Å². The van der Waals surface area contributed by atoms with Crippen LogP contribution in [0.5, 0.6) is 0 Å². The summed E-state index contributed by atoms with van der Waals surface area (Å²) in [6.07, 6.45) is 0.613. The first-order valence-electron chi connectivity index (χ1n) is 8.62. The molecule has 2 aromatic carbocycles. The van der Waals surface area contributed by atoms with E-state index in [0.29, 0.717) is 18.1 Å². The third-order valence-electron chi connectivity index (χ3n) is 4.86. The lowest BCUT2D eigenvalue weighted by Crippen LogP contribution is -2.18. The van der Waals surface area contributed by atoms with Gasteiger partial charge in [-0.05, 0) is 36.1 Å². The molecule has 2 aromatic heterocycles. The number of rotatable bonds is 3. The molecule has 1 N–H and O–H groups in total. The highest BCUT2D eigenvalue weighted by Crippen LogP contribution is 2.20. The van der Waals surface area contributed by atoms with Crippen LogP contribution in [-0.4, -0.2) is 14.4 Å². The zero-order chi connectivity index (χ0) is 17.6. The number of aromatic amines is 1. The Morgan fingerprint density at radius 3 is 2.52 bits per heavy atom. The first kappa shape index (κ1) is 15.6. The van der Waals surface area contributed by atoms with Crippen molar-refractivity contribution in [2.45, 2.75) is 33.1 Å². The standard InChI is InChI=1S/C21H21N3O/c1-13(2)16-10-8-15(9-11-16)12-17-14(3)24-19-7-5-4-6-18(19)22-21(24)23-20(17)25/h4-11,13H,12H2,1-3H3,(H,22,23,25). The molecule has 0 unspecified atom stereocenters. The van der Waals surface area contributed by atoms with E-state index in [1.807, 2.05) is 35.6 Å². The maximum Gasteiger partial charge on any atom is 0.256 e. The van der Waals surface area contributed by atoms with Gasteiger partial charge in [-0.3, -0.25) is 14.2 Å². The van der Waals surface area contributed by atoms with Gasteiger partial charge < -0.3 is 0 Å². The molecule has 0 bridgehead atoms. The second-order valence-corrected chi connectivity index (χ2v) is 6.85. The molecule has 25 heavy (non-hydrogen) atoms. The normalized spacial score (nSPS) is 11.7. The Hall–Kier alpha value is -2.88. The second kappa shape index (κ2) is 5.88. The van der Waals surface area contributed by atoms with Crippen molar-refractivity contribution in [2.24, 2.45) is 0 Å². The van der Waals surface area contributed by atoms with E-state index in [-0.39, 0.29) is 5.56 Å². The molecule has 0 aliphatic carbocycles. The zero-order valence-electron chi connectivity index (χ0n) is 14.7. The van der Waals surface area contributed by atoms with Gasteiger partial charge in [-0.15, -0.1) is 0 Å². The smallest absolute Gasteiger partial charge is 0.256 e. The summed E-state index contributed by atoms with van der Waals surface area (Å²) < 4.78 is 2.04. The number of nitrogens with one attached hydrogen (secondary N) is 1. The molecule has 126 valence electrons. The lowest BCUT2D eigenvalue weighted by molar-refractivity contribution is 0.864. The number of H-pyrrole nitrogens is 1. The Morgan fingerprint density at radius 2 is 1.80 bits per heavy atom. The lowest BCUT2D eigenvalue weighted by Gasteiger charge is -2.10. The molecule has 4 rings (SSSR count). The van der Waals surface area contributed by atoms with Crippen molar-refractivity contribution in [2.75, 3.05) is 0 Å². The molecule has 0 atom stereocenters. The predicted octanol–water partition coefficient (Wildman–Crippen LogP) is 4.20. The number of hydrogen-bond acceptors (Lipinski definition) is 2. The monoisotopic (exact) mass is 331 g/mol. The SMILES string of the molecule is Cc1c(Cc2ccc(C(C)C)cc2)c(=O)[nH]c2nc3ccccc3n12. The summed E-state index contributed by atoms with van der Waals surface area (Å²) in [5.74, 6) is 1.11. The molecule has 0 spiro atoms. The van der Waals surface area contributed by atoms with Crippen molar-refractivity contribution in [1.29, 1.82) is 0 Å². The summed E-state index contributed by atoms with van der Waals surface area (Å²) in [5.41, 5.74) is 6.02. The average molecular weight is 331 g/mol. The van der Waals surface area contributed by atoms with Crippen LogP contribution in [0.4, 0.5) is 0 Å². The van der Waals surface area contributed by atoms with Crippen molar-refractivity contribution in [3.8, 4) is 0 Å². The molecule has 4 aromatic rings. The summed E-state index contributed by atoms with van der Waals surface area (Å²) in [4.78, 5) is 20.1. The van der Waals surface area contributed by atoms with E-state index >= 15 is 0 Å². The van der Waals surface area contributed by atoms with Crippen LogP contribution in [0.25, 0.3) is 16.8 Å². The first-order chi connectivity index (χ1) is 12.0. The van der Waals surface area contributed by atoms with Gasteiger partial charge in [0.1, 0.15) is 0 Å². The molecule has 4 nitrogen and oxygen atoms in total. The third kappa shape index (κ3) is 2.64. The number of benzene rings is 2. The van der Waals surface area contributed by atoms with Crippen molar-refractivity contribution in [3.63, 3.8) is 0 Å². The number of aryl methyl sites for hydroxylation is 1. The van der Waals surface area contributed by atoms with Gasteiger partial charge in [0.15, 0.2) is 0 Å². The topological polar surface area (TPSA) is 50.2 Å². The Balaban J connectivity index is 1.84. The third-order valence-corrected chi connectivity index (χ3v) is 4.86. The van der Waals surface area contributed by atoms with Crippen molar-refractivity contribution in [1.82, 2.24) is 14.4 Å². The summed E-state index contributed by atoms with van der Waals surface area (Å²) >= 11 is 0. The fourth-order valence-electron chi connectivity index (χ4n) is 3.36. The van der Waals surface area contributed by atoms with Gasteiger partial charge in [0, 0.05) is 17.7 Å². The van der Waals surface area contributed by atoms with Crippen molar-refractivity contribution < 1.29 is 0 Å². The highest BCUT2D eigenvalue weighted by Gasteiger charge is 2.14. The number of para-hydroxylation sites is 2. The van der Waals surface area contributed by atoms with Gasteiger partial charge in [-0.1, -0.05) is 50.2 Å². The van der Waals surface area contributed by atoms with E-state index in [4.69, 9.17) is 0 Å². The zero-order valence-corrected chi connectivity index (χ0v) is 14.7. The van der Waals surface area contributed by atoms with Crippen LogP contribution in [0.3, 0.4) is 0 Å². The van der Waals surface area contributed by atoms with E-state index in [1.165, 1.54) is 5.56 Å². The van der Waals surface area contributed by atoms with Gasteiger partial charge in [-0.2, -0.15) is 0 Å². The summed E-state index contributed by atoms with van der Waals surface area (Å²) in [6.45, 7) is 6.36. The van der Waals surface area contributed by atoms with E-state index in [0.717, 1.165) is 27.9 Å². The minimum Gasteiger partial charge on any atom is -0.292 e. The van der Waals surface area contributed by atoms with Crippen molar-refractivity contribution in [3.05, 3.63) is 81.3 Å². The number of hydrogen-bond donors (Lipinski definition) is 1. The fraction of sp³-hybridized carbons (Fsp3) is 0.238. The Labute approximate surface area is 146 Å². The van der Waals surface area contributed by atoms with E-state index in [9.17, 15) is 4.79 Å². The molecule has 0 aliphatic heterocycles. The van der Waals surface area contributed by atoms with Gasteiger partial charge >= 0.3 is 0 Å². The number of aromatic nitrogens is 3. The minimum atomic E-state index is -0.0618.